The van der Waals surface area contributed by atoms with Crippen LogP contribution in [0.15, 0.2) is 52.4 Å². The van der Waals surface area contributed by atoms with E-state index in [9.17, 15) is 9.59 Å². The van der Waals surface area contributed by atoms with E-state index in [1.54, 1.807) is 30.4 Å². The molecule has 0 saturated carbocycles. The van der Waals surface area contributed by atoms with Gasteiger partial charge in [-0.2, -0.15) is 4.98 Å². The van der Waals surface area contributed by atoms with Crippen molar-refractivity contribution in [2.45, 2.75) is 25.8 Å². The Bertz CT molecular complexity index is 1010. The monoisotopic (exact) mass is 453 g/mol. The van der Waals surface area contributed by atoms with Gasteiger partial charge in [-0.15, -0.1) is 11.3 Å². The maximum atomic E-state index is 12.7. The van der Waals surface area contributed by atoms with E-state index in [-0.39, 0.29) is 11.8 Å². The minimum atomic E-state index is -0.552. The first-order valence-electron chi connectivity index (χ1n) is 10.8. The normalized spacial score (nSPS) is 15.5. The molecule has 1 aliphatic heterocycles. The first-order valence-corrected chi connectivity index (χ1v) is 11.7. The molecule has 0 bridgehead atoms. The molecule has 1 atom stereocenters. The Morgan fingerprint density at radius 2 is 1.91 bits per heavy atom. The summed E-state index contributed by atoms with van der Waals surface area (Å²) in [5.74, 6) is 1.04. The van der Waals surface area contributed by atoms with Crippen molar-refractivity contribution in [3.05, 3.63) is 59.3 Å². The molecule has 1 fully saturated rings. The fourth-order valence-corrected chi connectivity index (χ4v) is 4.36. The van der Waals surface area contributed by atoms with Crippen molar-refractivity contribution in [3.8, 4) is 10.7 Å². The van der Waals surface area contributed by atoms with Gasteiger partial charge in [-0.1, -0.05) is 29.4 Å². The summed E-state index contributed by atoms with van der Waals surface area (Å²) in [4.78, 5) is 34.7. The third kappa shape index (κ3) is 5.60. The molecule has 32 heavy (non-hydrogen) atoms. The molecule has 8 nitrogen and oxygen atoms in total. The van der Waals surface area contributed by atoms with Gasteiger partial charge in [0.1, 0.15) is 6.04 Å². The molecule has 1 N–H and O–H groups in total. The van der Waals surface area contributed by atoms with Crippen LogP contribution in [0.4, 0.5) is 0 Å². The Morgan fingerprint density at radius 1 is 1.12 bits per heavy atom. The van der Waals surface area contributed by atoms with Gasteiger partial charge in [0, 0.05) is 38.2 Å². The third-order valence-corrected chi connectivity index (χ3v) is 6.38. The summed E-state index contributed by atoms with van der Waals surface area (Å²) in [6.07, 6.45) is 1.66. The Kier molecular flexibility index (Phi) is 7.28. The van der Waals surface area contributed by atoms with E-state index in [2.05, 4.69) is 20.4 Å². The summed E-state index contributed by atoms with van der Waals surface area (Å²) in [6, 6.07) is 12.3. The Morgan fingerprint density at radius 3 is 2.62 bits per heavy atom. The van der Waals surface area contributed by atoms with Crippen LogP contribution in [0.1, 0.15) is 29.6 Å². The maximum Gasteiger partial charge on any atom is 0.251 e. The molecule has 0 radical (unpaired) electrons. The summed E-state index contributed by atoms with van der Waals surface area (Å²) < 4.78 is 5.36. The van der Waals surface area contributed by atoms with Crippen LogP contribution in [-0.2, 0) is 11.2 Å². The van der Waals surface area contributed by atoms with Gasteiger partial charge in [-0.05, 0) is 43.5 Å². The van der Waals surface area contributed by atoms with Crippen LogP contribution >= 0.6 is 11.3 Å². The van der Waals surface area contributed by atoms with Crippen molar-refractivity contribution < 1.29 is 14.1 Å². The van der Waals surface area contributed by atoms with Crippen molar-refractivity contribution in [2.24, 2.45) is 0 Å². The molecule has 4 rings (SSSR count). The highest BCUT2D eigenvalue weighted by Gasteiger charge is 2.26. The number of hydrogen-bond donors (Lipinski definition) is 1. The number of aromatic nitrogens is 2. The largest absolute Gasteiger partial charge is 0.341 e. The lowest BCUT2D eigenvalue weighted by Crippen LogP contribution is -2.54. The zero-order valence-electron chi connectivity index (χ0n) is 18.1. The predicted molar refractivity (Wildman–Crippen MR) is 122 cm³/mol. The molecule has 1 unspecified atom stereocenters. The average molecular weight is 454 g/mol. The second-order valence-electron chi connectivity index (χ2n) is 7.82. The highest BCUT2D eigenvalue weighted by Crippen LogP contribution is 2.21. The van der Waals surface area contributed by atoms with Crippen LogP contribution in [0, 0.1) is 0 Å². The molecule has 1 aromatic carbocycles. The number of nitrogens with one attached hydrogen (secondary N) is 1. The smallest absolute Gasteiger partial charge is 0.251 e. The summed E-state index contributed by atoms with van der Waals surface area (Å²) >= 11 is 1.59. The van der Waals surface area contributed by atoms with Gasteiger partial charge in [0.05, 0.1) is 4.88 Å². The number of carbonyl (C=O) groups is 2. The van der Waals surface area contributed by atoms with E-state index in [4.69, 9.17) is 4.52 Å². The average Bonchev–Trinajstić information content (AvgIpc) is 3.52. The number of benzene rings is 1. The van der Waals surface area contributed by atoms with Crippen LogP contribution in [-0.4, -0.2) is 70.5 Å². The van der Waals surface area contributed by atoms with Crippen LogP contribution in [0.5, 0.6) is 0 Å². The van der Waals surface area contributed by atoms with E-state index in [1.807, 2.05) is 40.6 Å². The number of amides is 2. The van der Waals surface area contributed by atoms with Gasteiger partial charge in [0.25, 0.3) is 5.91 Å². The Balaban J connectivity index is 1.17. The third-order valence-electron chi connectivity index (χ3n) is 5.51. The van der Waals surface area contributed by atoms with Gasteiger partial charge in [-0.3, -0.25) is 14.5 Å². The van der Waals surface area contributed by atoms with Crippen molar-refractivity contribution >= 4 is 23.2 Å². The number of carbonyl (C=O) groups excluding carboxylic acids is 2. The lowest BCUT2D eigenvalue weighted by Gasteiger charge is -2.36. The first kappa shape index (κ1) is 22.2. The van der Waals surface area contributed by atoms with Gasteiger partial charge in [0.15, 0.2) is 0 Å². The number of hydrogen-bond acceptors (Lipinski definition) is 7. The topological polar surface area (TPSA) is 91.6 Å². The molecule has 2 amide bonds. The zero-order chi connectivity index (χ0) is 22.3. The quantitative estimate of drug-likeness (QED) is 0.564. The molecule has 3 aromatic rings. The van der Waals surface area contributed by atoms with Crippen LogP contribution < -0.4 is 5.32 Å². The molecule has 168 valence electrons. The van der Waals surface area contributed by atoms with Crippen LogP contribution in [0.3, 0.4) is 0 Å². The molecule has 0 aliphatic carbocycles. The van der Waals surface area contributed by atoms with E-state index in [0.717, 1.165) is 37.4 Å². The predicted octanol–water partition coefficient (Wildman–Crippen LogP) is 2.69. The number of thiophene rings is 1. The summed E-state index contributed by atoms with van der Waals surface area (Å²) in [5, 5.41) is 8.84. The number of aryl methyl sites for hydroxylation is 1. The molecule has 1 saturated heterocycles. The Hall–Kier alpha value is -3.04. The molecule has 0 spiro atoms. The minimum absolute atomic E-state index is 0.0408. The van der Waals surface area contributed by atoms with Crippen molar-refractivity contribution in [2.75, 3.05) is 32.7 Å². The zero-order valence-corrected chi connectivity index (χ0v) is 18.9. The fourth-order valence-electron chi connectivity index (χ4n) is 3.71. The molecular weight excluding hydrogens is 426 g/mol. The second kappa shape index (κ2) is 10.5. The molecule has 9 heteroatoms. The molecular formula is C23H27N5O3S. The minimum Gasteiger partial charge on any atom is -0.341 e. The van der Waals surface area contributed by atoms with Gasteiger partial charge < -0.3 is 14.7 Å². The summed E-state index contributed by atoms with van der Waals surface area (Å²) in [7, 11) is 0. The SMILES string of the molecule is CC(NC(=O)c1ccccc1)C(=O)N1CCN(CCCc2nc(-c3cccs3)no2)CC1. The standard InChI is InChI=1S/C23H27N5O3S/c1-17(24-22(29)18-7-3-2-4-8-18)23(30)28-14-12-27(13-15-28)11-5-10-20-25-21(26-31-20)19-9-6-16-32-19/h2-4,6-9,16-17H,5,10-15H2,1H3,(H,24,29). The lowest BCUT2D eigenvalue weighted by atomic mass is 10.2. The van der Waals surface area contributed by atoms with Gasteiger partial charge in [-0.25, -0.2) is 0 Å². The highest BCUT2D eigenvalue weighted by molar-refractivity contribution is 7.13. The van der Waals surface area contributed by atoms with E-state index in [1.165, 1.54) is 0 Å². The number of nitrogens with zero attached hydrogens (tertiary/aromatic N) is 4. The van der Waals surface area contributed by atoms with E-state index >= 15 is 0 Å². The number of rotatable bonds is 8. The fraction of sp³-hybridized carbons (Fsp3) is 0.391. The molecule has 3 heterocycles. The molecule has 2 aromatic heterocycles. The van der Waals surface area contributed by atoms with E-state index in [0.29, 0.717) is 30.4 Å². The molecule has 1 aliphatic rings. The lowest BCUT2D eigenvalue weighted by molar-refractivity contribution is -0.134. The summed E-state index contributed by atoms with van der Waals surface area (Å²) in [6.45, 7) is 5.61. The van der Waals surface area contributed by atoms with Crippen LogP contribution in [0.2, 0.25) is 0 Å². The second-order valence-corrected chi connectivity index (χ2v) is 8.77. The maximum absolute atomic E-state index is 12.7. The number of piperazine rings is 1. The van der Waals surface area contributed by atoms with Gasteiger partial charge in [0.2, 0.25) is 17.6 Å². The van der Waals surface area contributed by atoms with Gasteiger partial charge >= 0.3 is 0 Å². The summed E-state index contributed by atoms with van der Waals surface area (Å²) in [5.41, 5.74) is 0.556. The highest BCUT2D eigenvalue weighted by atomic mass is 32.1. The first-order chi connectivity index (χ1) is 15.6. The Labute approximate surface area is 191 Å². The van der Waals surface area contributed by atoms with E-state index < -0.39 is 6.04 Å². The van der Waals surface area contributed by atoms with Crippen molar-refractivity contribution in [1.82, 2.24) is 25.3 Å². The van der Waals surface area contributed by atoms with Crippen molar-refractivity contribution in [3.63, 3.8) is 0 Å². The van der Waals surface area contributed by atoms with Crippen molar-refractivity contribution in [1.29, 1.82) is 0 Å². The van der Waals surface area contributed by atoms with Crippen LogP contribution in [0.25, 0.3) is 10.7 Å².